The highest BCUT2D eigenvalue weighted by molar-refractivity contribution is 7.07. The zero-order chi connectivity index (χ0) is 12.5. The molecule has 4 heteroatoms. The first-order valence-corrected chi connectivity index (χ1v) is 7.26. The van der Waals surface area contributed by atoms with Crippen molar-refractivity contribution in [1.82, 2.24) is 10.6 Å². The molecule has 1 atom stereocenters. The average Bonchev–Trinajstić information content (AvgIpc) is 2.86. The van der Waals surface area contributed by atoms with E-state index >= 15 is 0 Å². The van der Waals surface area contributed by atoms with Crippen molar-refractivity contribution in [1.29, 1.82) is 0 Å². The number of thiophene rings is 1. The molecule has 0 aliphatic heterocycles. The van der Waals surface area contributed by atoms with E-state index in [1.54, 1.807) is 11.3 Å². The average molecular weight is 253 g/mol. The molecule has 3 nitrogen and oxygen atoms in total. The highest BCUT2D eigenvalue weighted by atomic mass is 32.1. The third-order valence-electron chi connectivity index (χ3n) is 2.52. The fourth-order valence-corrected chi connectivity index (χ4v) is 2.26. The summed E-state index contributed by atoms with van der Waals surface area (Å²) < 4.78 is 0. The summed E-state index contributed by atoms with van der Waals surface area (Å²) in [6.07, 6.45) is 1.12. The van der Waals surface area contributed by atoms with E-state index in [0.717, 1.165) is 32.0 Å². The molecule has 0 saturated heterocycles. The minimum absolute atomic E-state index is 0.485. The van der Waals surface area contributed by atoms with Gasteiger partial charge in [0.25, 0.3) is 0 Å². The first-order valence-electron chi connectivity index (χ1n) is 6.32. The molecule has 0 aliphatic carbocycles. The van der Waals surface area contributed by atoms with Gasteiger partial charge in [-0.1, -0.05) is 13.8 Å². The smallest absolute Gasteiger partial charge is 0.191 e. The largest absolute Gasteiger partial charge is 0.357 e. The first-order chi connectivity index (χ1) is 8.27. The van der Waals surface area contributed by atoms with Crippen molar-refractivity contribution in [3.8, 4) is 0 Å². The molecule has 0 aliphatic rings. The number of nitrogens with one attached hydrogen (secondary N) is 2. The van der Waals surface area contributed by atoms with Crippen LogP contribution < -0.4 is 10.6 Å². The van der Waals surface area contributed by atoms with Gasteiger partial charge in [-0.3, -0.25) is 4.99 Å². The van der Waals surface area contributed by atoms with Gasteiger partial charge in [0.05, 0.1) is 0 Å². The molecule has 0 saturated carbocycles. The van der Waals surface area contributed by atoms with E-state index in [-0.39, 0.29) is 0 Å². The van der Waals surface area contributed by atoms with Gasteiger partial charge < -0.3 is 10.6 Å². The van der Waals surface area contributed by atoms with Crippen molar-refractivity contribution in [2.24, 2.45) is 4.99 Å². The molecule has 1 aromatic rings. The van der Waals surface area contributed by atoms with Crippen LogP contribution in [0.3, 0.4) is 0 Å². The van der Waals surface area contributed by atoms with Gasteiger partial charge in [0.15, 0.2) is 5.96 Å². The van der Waals surface area contributed by atoms with Crippen LogP contribution in [0.2, 0.25) is 0 Å². The molecule has 1 rings (SSSR count). The Bertz CT molecular complexity index is 319. The van der Waals surface area contributed by atoms with E-state index in [1.165, 1.54) is 5.56 Å². The summed E-state index contributed by atoms with van der Waals surface area (Å²) in [7, 11) is 0. The molecule has 0 bridgehead atoms. The number of aliphatic imine (C=N–C) groups is 1. The first kappa shape index (κ1) is 14.0. The molecule has 0 spiro atoms. The van der Waals surface area contributed by atoms with Crippen molar-refractivity contribution < 1.29 is 0 Å². The lowest BCUT2D eigenvalue weighted by Crippen LogP contribution is -2.37. The Morgan fingerprint density at radius 3 is 2.82 bits per heavy atom. The maximum Gasteiger partial charge on any atom is 0.191 e. The predicted molar refractivity (Wildman–Crippen MR) is 77.0 cm³/mol. The van der Waals surface area contributed by atoms with E-state index in [1.807, 2.05) is 0 Å². The summed E-state index contributed by atoms with van der Waals surface area (Å²) >= 11 is 1.75. The van der Waals surface area contributed by atoms with Crippen LogP contribution in [-0.4, -0.2) is 25.6 Å². The summed E-state index contributed by atoms with van der Waals surface area (Å²) in [5, 5.41) is 10.9. The summed E-state index contributed by atoms with van der Waals surface area (Å²) in [5.41, 5.74) is 1.38. The maximum absolute atomic E-state index is 4.61. The molecule has 0 radical (unpaired) electrons. The second-order valence-electron chi connectivity index (χ2n) is 4.10. The number of guanidine groups is 1. The summed E-state index contributed by atoms with van der Waals surface area (Å²) in [4.78, 5) is 4.61. The lowest BCUT2D eigenvalue weighted by molar-refractivity contribution is 0.743. The van der Waals surface area contributed by atoms with E-state index < -0.39 is 0 Å². The Morgan fingerprint density at radius 2 is 2.24 bits per heavy atom. The SMILES string of the molecule is CCCNC(=NCC(C)c1ccsc1)NCC. The van der Waals surface area contributed by atoms with Crippen molar-refractivity contribution in [2.45, 2.75) is 33.1 Å². The molecule has 0 fully saturated rings. The third-order valence-corrected chi connectivity index (χ3v) is 3.22. The second-order valence-corrected chi connectivity index (χ2v) is 4.88. The molecular weight excluding hydrogens is 230 g/mol. The topological polar surface area (TPSA) is 36.4 Å². The lowest BCUT2D eigenvalue weighted by atomic mass is 10.1. The Balaban J connectivity index is 2.47. The van der Waals surface area contributed by atoms with Gasteiger partial charge in [-0.2, -0.15) is 11.3 Å². The zero-order valence-electron chi connectivity index (χ0n) is 11.0. The quantitative estimate of drug-likeness (QED) is 0.604. The van der Waals surface area contributed by atoms with Gasteiger partial charge >= 0.3 is 0 Å². The molecule has 0 aromatic carbocycles. The fraction of sp³-hybridized carbons (Fsp3) is 0.615. The lowest BCUT2D eigenvalue weighted by Gasteiger charge is -2.12. The van der Waals surface area contributed by atoms with E-state index in [4.69, 9.17) is 0 Å². The standard InChI is InChI=1S/C13H23N3S/c1-4-7-15-13(14-5-2)16-9-11(3)12-6-8-17-10-12/h6,8,10-11H,4-5,7,9H2,1-3H3,(H2,14,15,16). The molecule has 96 valence electrons. The minimum atomic E-state index is 0.485. The van der Waals surface area contributed by atoms with Crippen LogP contribution in [0.4, 0.5) is 0 Å². The predicted octanol–water partition coefficient (Wildman–Crippen LogP) is 2.82. The van der Waals surface area contributed by atoms with Crippen LogP contribution in [0.5, 0.6) is 0 Å². The van der Waals surface area contributed by atoms with Crippen molar-refractivity contribution in [3.63, 3.8) is 0 Å². The molecule has 0 amide bonds. The minimum Gasteiger partial charge on any atom is -0.357 e. The number of rotatable bonds is 6. The van der Waals surface area contributed by atoms with Gasteiger partial charge in [-0.05, 0) is 35.7 Å². The Hall–Kier alpha value is -1.03. The molecule has 1 heterocycles. The Morgan fingerprint density at radius 1 is 1.41 bits per heavy atom. The number of hydrogen-bond donors (Lipinski definition) is 2. The summed E-state index contributed by atoms with van der Waals surface area (Å²) in [6.45, 7) is 9.17. The van der Waals surface area contributed by atoms with Crippen LogP contribution >= 0.6 is 11.3 Å². The Kier molecular flexibility index (Phi) is 6.70. The van der Waals surface area contributed by atoms with Crippen LogP contribution in [0.15, 0.2) is 21.8 Å². The molecule has 2 N–H and O–H groups in total. The van der Waals surface area contributed by atoms with Gasteiger partial charge in [0.2, 0.25) is 0 Å². The molecule has 1 aromatic heterocycles. The van der Waals surface area contributed by atoms with E-state index in [2.05, 4.69) is 53.2 Å². The summed E-state index contributed by atoms with van der Waals surface area (Å²) in [5.74, 6) is 1.41. The summed E-state index contributed by atoms with van der Waals surface area (Å²) in [6, 6.07) is 2.18. The molecule has 17 heavy (non-hydrogen) atoms. The van der Waals surface area contributed by atoms with Crippen molar-refractivity contribution in [2.75, 3.05) is 19.6 Å². The number of hydrogen-bond acceptors (Lipinski definition) is 2. The molecule has 1 unspecified atom stereocenters. The monoisotopic (exact) mass is 253 g/mol. The highest BCUT2D eigenvalue weighted by Gasteiger charge is 2.05. The van der Waals surface area contributed by atoms with Crippen LogP contribution in [0.1, 0.15) is 38.7 Å². The normalized spacial score (nSPS) is 13.5. The van der Waals surface area contributed by atoms with E-state index in [9.17, 15) is 0 Å². The van der Waals surface area contributed by atoms with Gasteiger partial charge in [0.1, 0.15) is 0 Å². The molecular formula is C13H23N3S. The number of nitrogens with zero attached hydrogens (tertiary/aromatic N) is 1. The van der Waals surface area contributed by atoms with Gasteiger partial charge in [0, 0.05) is 25.6 Å². The van der Waals surface area contributed by atoms with Crippen LogP contribution in [0.25, 0.3) is 0 Å². The highest BCUT2D eigenvalue weighted by Crippen LogP contribution is 2.18. The van der Waals surface area contributed by atoms with Gasteiger partial charge in [-0.25, -0.2) is 0 Å². The second kappa shape index (κ2) is 8.12. The van der Waals surface area contributed by atoms with Crippen molar-refractivity contribution >= 4 is 17.3 Å². The Labute approximate surface area is 108 Å². The maximum atomic E-state index is 4.61. The van der Waals surface area contributed by atoms with Gasteiger partial charge in [-0.15, -0.1) is 0 Å². The fourth-order valence-electron chi connectivity index (χ4n) is 1.47. The van der Waals surface area contributed by atoms with Crippen LogP contribution in [0, 0.1) is 0 Å². The zero-order valence-corrected chi connectivity index (χ0v) is 11.8. The van der Waals surface area contributed by atoms with Crippen LogP contribution in [-0.2, 0) is 0 Å². The third kappa shape index (κ3) is 5.22. The van der Waals surface area contributed by atoms with Crippen molar-refractivity contribution in [3.05, 3.63) is 22.4 Å². The van der Waals surface area contributed by atoms with E-state index in [0.29, 0.717) is 5.92 Å².